The number of aromatic nitrogens is 2. The molecule has 1 saturated heterocycles. The lowest BCUT2D eigenvalue weighted by Gasteiger charge is -2.11. The van der Waals surface area contributed by atoms with Crippen LogP contribution >= 0.6 is 0 Å². The van der Waals surface area contributed by atoms with Crippen molar-refractivity contribution < 1.29 is 4.74 Å². The lowest BCUT2D eigenvalue weighted by molar-refractivity contribution is 0.396. The van der Waals surface area contributed by atoms with E-state index in [0.29, 0.717) is 11.9 Å². The average molecular weight is 194 g/mol. The van der Waals surface area contributed by atoms with E-state index in [1.165, 1.54) is 0 Å². The number of ether oxygens (including phenoxy) is 1. The van der Waals surface area contributed by atoms with Gasteiger partial charge in [-0.15, -0.1) is 0 Å². The van der Waals surface area contributed by atoms with Crippen LogP contribution in [0.2, 0.25) is 0 Å². The molecular weight excluding hydrogens is 180 g/mol. The van der Waals surface area contributed by atoms with Crippen LogP contribution in [0.25, 0.3) is 0 Å². The van der Waals surface area contributed by atoms with Crippen molar-refractivity contribution in [3.63, 3.8) is 0 Å². The average Bonchev–Trinajstić information content (AvgIpc) is 2.71. The van der Waals surface area contributed by atoms with Crippen molar-refractivity contribution in [2.75, 3.05) is 25.5 Å². The summed E-state index contributed by atoms with van der Waals surface area (Å²) in [6, 6.07) is 0.455. The molecule has 0 bridgehead atoms. The molecule has 1 atom stereocenters. The molecule has 1 aromatic rings. The second-order valence-electron chi connectivity index (χ2n) is 3.28. The van der Waals surface area contributed by atoms with Crippen LogP contribution < -0.4 is 15.4 Å². The fourth-order valence-electron chi connectivity index (χ4n) is 1.50. The lowest BCUT2D eigenvalue weighted by Crippen LogP contribution is -2.22. The highest BCUT2D eigenvalue weighted by Gasteiger charge is 2.14. The number of hydrogen-bond donors (Lipinski definition) is 2. The molecule has 2 N–H and O–H groups in total. The Bertz CT molecular complexity index is 299. The molecule has 1 aliphatic heterocycles. The molecule has 5 heteroatoms. The summed E-state index contributed by atoms with van der Waals surface area (Å²) >= 11 is 0. The van der Waals surface area contributed by atoms with Gasteiger partial charge in [0.25, 0.3) is 0 Å². The van der Waals surface area contributed by atoms with E-state index < -0.39 is 0 Å². The summed E-state index contributed by atoms with van der Waals surface area (Å²) in [7, 11) is 1.59. The predicted molar refractivity (Wildman–Crippen MR) is 53.5 cm³/mol. The zero-order valence-corrected chi connectivity index (χ0v) is 8.16. The summed E-state index contributed by atoms with van der Waals surface area (Å²) in [5.74, 6) is 1.32. The summed E-state index contributed by atoms with van der Waals surface area (Å²) in [4.78, 5) is 8.26. The number of nitrogens with zero attached hydrogens (tertiary/aromatic N) is 2. The van der Waals surface area contributed by atoms with Gasteiger partial charge in [-0.25, -0.2) is 0 Å². The van der Waals surface area contributed by atoms with E-state index in [1.807, 2.05) is 0 Å². The molecule has 0 amide bonds. The van der Waals surface area contributed by atoms with Crippen LogP contribution in [0, 0.1) is 0 Å². The zero-order chi connectivity index (χ0) is 9.80. The molecule has 0 spiro atoms. The van der Waals surface area contributed by atoms with Gasteiger partial charge in [-0.2, -0.15) is 4.98 Å². The maximum Gasteiger partial charge on any atom is 0.233 e. The first-order valence-corrected chi connectivity index (χ1v) is 4.72. The highest BCUT2D eigenvalue weighted by Crippen LogP contribution is 2.11. The van der Waals surface area contributed by atoms with Crippen molar-refractivity contribution in [2.24, 2.45) is 0 Å². The Morgan fingerprint density at radius 2 is 2.50 bits per heavy atom. The Morgan fingerprint density at radius 3 is 3.21 bits per heavy atom. The summed E-state index contributed by atoms with van der Waals surface area (Å²) in [5.41, 5.74) is 0. The van der Waals surface area contributed by atoms with Crippen LogP contribution in [0.15, 0.2) is 12.4 Å². The minimum atomic E-state index is 0.455. The monoisotopic (exact) mass is 194 g/mol. The molecule has 2 heterocycles. The molecule has 0 saturated carbocycles. The van der Waals surface area contributed by atoms with E-state index in [-0.39, 0.29) is 0 Å². The standard InChI is InChI=1S/C9H14N4O/c1-14-9-6-11-5-8(13-9)12-7-2-3-10-4-7/h5-7,10H,2-4H2,1H3,(H,12,13). The minimum absolute atomic E-state index is 0.455. The summed E-state index contributed by atoms with van der Waals surface area (Å²) in [6.07, 6.45) is 4.43. The third-order valence-electron chi connectivity index (χ3n) is 2.23. The molecule has 5 nitrogen and oxygen atoms in total. The van der Waals surface area contributed by atoms with Crippen LogP contribution in [0.5, 0.6) is 5.88 Å². The molecule has 1 aliphatic rings. The first kappa shape index (κ1) is 9.21. The molecular formula is C9H14N4O. The Balaban J connectivity index is 2.00. The van der Waals surface area contributed by atoms with Crippen LogP contribution in [-0.2, 0) is 0 Å². The van der Waals surface area contributed by atoms with Crippen molar-refractivity contribution in [1.29, 1.82) is 0 Å². The normalized spacial score (nSPS) is 20.8. The Kier molecular flexibility index (Phi) is 2.78. The van der Waals surface area contributed by atoms with E-state index in [4.69, 9.17) is 4.74 Å². The number of anilines is 1. The number of nitrogens with one attached hydrogen (secondary N) is 2. The van der Waals surface area contributed by atoms with Crippen LogP contribution in [0.4, 0.5) is 5.82 Å². The highest BCUT2D eigenvalue weighted by molar-refractivity contribution is 5.34. The number of hydrogen-bond acceptors (Lipinski definition) is 5. The van der Waals surface area contributed by atoms with Crippen molar-refractivity contribution in [3.8, 4) is 5.88 Å². The van der Waals surface area contributed by atoms with Crippen LogP contribution in [0.1, 0.15) is 6.42 Å². The van der Waals surface area contributed by atoms with Gasteiger partial charge >= 0.3 is 0 Å². The van der Waals surface area contributed by atoms with Gasteiger partial charge in [0.1, 0.15) is 5.82 Å². The van der Waals surface area contributed by atoms with E-state index in [9.17, 15) is 0 Å². The summed E-state index contributed by atoms with van der Waals surface area (Å²) < 4.78 is 4.99. The first-order valence-electron chi connectivity index (χ1n) is 4.72. The Morgan fingerprint density at radius 1 is 1.57 bits per heavy atom. The molecule has 1 aromatic heterocycles. The fraction of sp³-hybridized carbons (Fsp3) is 0.556. The van der Waals surface area contributed by atoms with E-state index in [0.717, 1.165) is 25.3 Å². The third-order valence-corrected chi connectivity index (χ3v) is 2.23. The maximum absolute atomic E-state index is 4.99. The molecule has 0 aliphatic carbocycles. The van der Waals surface area contributed by atoms with Gasteiger partial charge in [0.2, 0.25) is 5.88 Å². The molecule has 1 fully saturated rings. The molecule has 14 heavy (non-hydrogen) atoms. The van der Waals surface area contributed by atoms with Crippen molar-refractivity contribution >= 4 is 5.82 Å². The number of rotatable bonds is 3. The molecule has 2 rings (SSSR count). The quantitative estimate of drug-likeness (QED) is 0.722. The van der Waals surface area contributed by atoms with Gasteiger partial charge in [0, 0.05) is 12.6 Å². The van der Waals surface area contributed by atoms with Gasteiger partial charge in [-0.1, -0.05) is 0 Å². The van der Waals surface area contributed by atoms with Gasteiger partial charge in [-0.3, -0.25) is 4.98 Å². The Labute approximate surface area is 82.9 Å². The topological polar surface area (TPSA) is 59.1 Å². The highest BCUT2D eigenvalue weighted by atomic mass is 16.5. The molecule has 76 valence electrons. The smallest absolute Gasteiger partial charge is 0.233 e. The van der Waals surface area contributed by atoms with E-state index in [1.54, 1.807) is 19.5 Å². The largest absolute Gasteiger partial charge is 0.480 e. The zero-order valence-electron chi connectivity index (χ0n) is 8.16. The van der Waals surface area contributed by atoms with E-state index in [2.05, 4.69) is 20.6 Å². The van der Waals surface area contributed by atoms with E-state index >= 15 is 0 Å². The molecule has 0 aromatic carbocycles. The number of methoxy groups -OCH3 is 1. The van der Waals surface area contributed by atoms with Gasteiger partial charge in [-0.05, 0) is 13.0 Å². The Hall–Kier alpha value is -1.36. The second-order valence-corrected chi connectivity index (χ2v) is 3.28. The summed E-state index contributed by atoms with van der Waals surface area (Å²) in [6.45, 7) is 2.05. The van der Waals surface area contributed by atoms with Gasteiger partial charge in [0.15, 0.2) is 0 Å². The fourth-order valence-corrected chi connectivity index (χ4v) is 1.50. The van der Waals surface area contributed by atoms with Crippen molar-refractivity contribution in [3.05, 3.63) is 12.4 Å². The summed E-state index contributed by atoms with van der Waals surface area (Å²) in [5, 5.41) is 6.58. The van der Waals surface area contributed by atoms with Gasteiger partial charge in [0.05, 0.1) is 19.5 Å². The molecule has 1 unspecified atom stereocenters. The minimum Gasteiger partial charge on any atom is -0.480 e. The lowest BCUT2D eigenvalue weighted by atomic mass is 10.3. The van der Waals surface area contributed by atoms with Crippen molar-refractivity contribution in [1.82, 2.24) is 15.3 Å². The predicted octanol–water partition coefficient (Wildman–Crippen LogP) is 0.259. The maximum atomic E-state index is 4.99. The van der Waals surface area contributed by atoms with Crippen LogP contribution in [0.3, 0.4) is 0 Å². The third kappa shape index (κ3) is 2.11. The SMILES string of the molecule is COc1cncc(NC2CCNC2)n1. The van der Waals surface area contributed by atoms with Gasteiger partial charge < -0.3 is 15.4 Å². The first-order chi connectivity index (χ1) is 6.88. The molecule has 0 radical (unpaired) electrons. The van der Waals surface area contributed by atoms with Crippen LogP contribution in [-0.4, -0.2) is 36.2 Å². The second kappa shape index (κ2) is 4.23. The van der Waals surface area contributed by atoms with Crippen molar-refractivity contribution in [2.45, 2.75) is 12.5 Å².